The van der Waals surface area contributed by atoms with Crippen molar-refractivity contribution < 1.29 is 9.59 Å². The summed E-state index contributed by atoms with van der Waals surface area (Å²) in [5.74, 6) is -0.0814. The first-order chi connectivity index (χ1) is 15.5. The molecule has 2 amide bonds. The van der Waals surface area contributed by atoms with Gasteiger partial charge in [0.15, 0.2) is 0 Å². The van der Waals surface area contributed by atoms with Gasteiger partial charge in [0.25, 0.3) is 5.91 Å². The molecule has 3 aromatic rings. The van der Waals surface area contributed by atoms with Gasteiger partial charge in [-0.15, -0.1) is 11.3 Å². The molecule has 2 N–H and O–H groups in total. The maximum Gasteiger partial charge on any atom is 0.251 e. The van der Waals surface area contributed by atoms with E-state index in [-0.39, 0.29) is 30.4 Å². The molecule has 0 aliphatic carbocycles. The lowest BCUT2D eigenvalue weighted by molar-refractivity contribution is -0.120. The number of hydrogen-bond acceptors (Lipinski definition) is 4. The summed E-state index contributed by atoms with van der Waals surface area (Å²) in [7, 11) is 0. The summed E-state index contributed by atoms with van der Waals surface area (Å²) in [6, 6.07) is 19.8. The van der Waals surface area contributed by atoms with E-state index in [2.05, 4.69) is 21.6 Å². The summed E-state index contributed by atoms with van der Waals surface area (Å²) in [4.78, 5) is 29.0. The topological polar surface area (TPSA) is 61.4 Å². The zero-order valence-corrected chi connectivity index (χ0v) is 19.3. The number of thiophene rings is 1. The lowest BCUT2D eigenvalue weighted by atomic mass is 9.95. The Morgan fingerprint density at radius 1 is 1.00 bits per heavy atom. The minimum absolute atomic E-state index is 0.0304. The average Bonchev–Trinajstić information content (AvgIpc) is 3.32. The van der Waals surface area contributed by atoms with Gasteiger partial charge < -0.3 is 15.5 Å². The largest absolute Gasteiger partial charge is 0.362 e. The highest BCUT2D eigenvalue weighted by molar-refractivity contribution is 7.10. The van der Waals surface area contributed by atoms with Gasteiger partial charge in [0, 0.05) is 28.7 Å². The van der Waals surface area contributed by atoms with Crippen LogP contribution in [-0.2, 0) is 11.2 Å². The van der Waals surface area contributed by atoms with E-state index in [0.717, 1.165) is 41.1 Å². The second-order valence-corrected chi connectivity index (χ2v) is 9.36. The second-order valence-electron chi connectivity index (χ2n) is 8.38. The summed E-state index contributed by atoms with van der Waals surface area (Å²) < 4.78 is 0. The molecule has 0 fully saturated rings. The monoisotopic (exact) mass is 447 g/mol. The van der Waals surface area contributed by atoms with E-state index in [0.29, 0.717) is 5.56 Å². The second kappa shape index (κ2) is 10.0. The SMILES string of the molecule is CC(C)NC(=O)c1cccc2c1CCCN2CC(=O)NC(c1ccccc1)c1cccs1. The van der Waals surface area contributed by atoms with Crippen molar-refractivity contribution in [3.63, 3.8) is 0 Å². The van der Waals surface area contributed by atoms with Crippen molar-refractivity contribution in [3.05, 3.63) is 87.6 Å². The standard InChI is InChI=1S/C26H29N3O2S/c1-18(2)27-26(31)21-11-6-13-22-20(21)12-7-15-29(22)17-24(30)28-25(23-14-8-16-32-23)19-9-4-3-5-10-19/h3-6,8-11,13-14,16,18,25H,7,12,15,17H2,1-2H3,(H,27,31)(H,28,30). The molecule has 1 aliphatic rings. The molecule has 2 aromatic carbocycles. The fourth-order valence-electron chi connectivity index (χ4n) is 4.22. The lowest BCUT2D eigenvalue weighted by Crippen LogP contribution is -2.41. The van der Waals surface area contributed by atoms with Crippen LogP contribution in [-0.4, -0.2) is 30.9 Å². The van der Waals surface area contributed by atoms with Crippen molar-refractivity contribution in [1.82, 2.24) is 10.6 Å². The van der Waals surface area contributed by atoms with Crippen LogP contribution in [0.2, 0.25) is 0 Å². The molecule has 0 radical (unpaired) electrons. The van der Waals surface area contributed by atoms with Crippen LogP contribution in [0.1, 0.15) is 52.7 Å². The zero-order valence-electron chi connectivity index (χ0n) is 18.5. The van der Waals surface area contributed by atoms with E-state index in [1.165, 1.54) is 0 Å². The fraction of sp³-hybridized carbons (Fsp3) is 0.308. The Labute approximate surface area is 193 Å². The van der Waals surface area contributed by atoms with Gasteiger partial charge in [-0.2, -0.15) is 0 Å². The van der Waals surface area contributed by atoms with Gasteiger partial charge in [-0.3, -0.25) is 9.59 Å². The number of fused-ring (bicyclic) bond motifs is 1. The number of carbonyl (C=O) groups excluding carboxylic acids is 2. The maximum absolute atomic E-state index is 13.1. The minimum Gasteiger partial charge on any atom is -0.362 e. The van der Waals surface area contributed by atoms with E-state index in [9.17, 15) is 9.59 Å². The van der Waals surface area contributed by atoms with E-state index >= 15 is 0 Å². The third kappa shape index (κ3) is 5.02. The molecule has 166 valence electrons. The molecule has 0 saturated heterocycles. The van der Waals surface area contributed by atoms with Gasteiger partial charge in [-0.25, -0.2) is 0 Å². The summed E-state index contributed by atoms with van der Waals surface area (Å²) in [6.07, 6.45) is 1.76. The molecular weight excluding hydrogens is 418 g/mol. The first kappa shape index (κ1) is 22.1. The molecule has 0 saturated carbocycles. The normalized spacial score (nSPS) is 14.0. The molecule has 2 heterocycles. The summed E-state index contributed by atoms with van der Waals surface area (Å²) in [5.41, 5.74) is 3.79. The van der Waals surface area contributed by atoms with E-state index < -0.39 is 0 Å². The molecule has 1 aliphatic heterocycles. The minimum atomic E-state index is -0.170. The van der Waals surface area contributed by atoms with E-state index in [1.54, 1.807) is 11.3 Å². The van der Waals surface area contributed by atoms with Crippen molar-refractivity contribution in [2.75, 3.05) is 18.0 Å². The third-order valence-electron chi connectivity index (χ3n) is 5.61. The molecule has 6 heteroatoms. The Balaban J connectivity index is 1.53. The molecule has 1 unspecified atom stereocenters. The van der Waals surface area contributed by atoms with Crippen LogP contribution in [0, 0.1) is 0 Å². The number of rotatable bonds is 7. The van der Waals surface area contributed by atoms with Gasteiger partial charge in [-0.05, 0) is 61.4 Å². The Hall–Kier alpha value is -3.12. The van der Waals surface area contributed by atoms with Gasteiger partial charge >= 0.3 is 0 Å². The molecule has 0 bridgehead atoms. The number of nitrogens with zero attached hydrogens (tertiary/aromatic N) is 1. The van der Waals surface area contributed by atoms with Gasteiger partial charge in [0.2, 0.25) is 5.91 Å². The smallest absolute Gasteiger partial charge is 0.251 e. The predicted octanol–water partition coefficient (Wildman–Crippen LogP) is 4.54. The molecule has 5 nitrogen and oxygen atoms in total. The van der Waals surface area contributed by atoms with Crippen molar-refractivity contribution in [3.8, 4) is 0 Å². The summed E-state index contributed by atoms with van der Waals surface area (Å²) in [6.45, 7) is 4.98. The van der Waals surface area contributed by atoms with Crippen molar-refractivity contribution in [2.45, 2.75) is 38.8 Å². The number of hydrogen-bond donors (Lipinski definition) is 2. The average molecular weight is 448 g/mol. The van der Waals surface area contributed by atoms with Crippen LogP contribution >= 0.6 is 11.3 Å². The van der Waals surface area contributed by atoms with Gasteiger partial charge in [0.05, 0.1) is 12.6 Å². The van der Waals surface area contributed by atoms with Crippen molar-refractivity contribution in [2.24, 2.45) is 0 Å². The van der Waals surface area contributed by atoms with Crippen LogP contribution in [0.3, 0.4) is 0 Å². The van der Waals surface area contributed by atoms with Gasteiger partial charge in [0.1, 0.15) is 0 Å². The highest BCUT2D eigenvalue weighted by Gasteiger charge is 2.25. The Morgan fingerprint density at radius 2 is 1.81 bits per heavy atom. The van der Waals surface area contributed by atoms with E-state index in [4.69, 9.17) is 0 Å². The first-order valence-corrected chi connectivity index (χ1v) is 12.0. The van der Waals surface area contributed by atoms with Crippen LogP contribution < -0.4 is 15.5 Å². The summed E-state index contributed by atoms with van der Waals surface area (Å²) >= 11 is 1.64. The number of nitrogens with one attached hydrogen (secondary N) is 2. The fourth-order valence-corrected chi connectivity index (χ4v) is 5.02. The van der Waals surface area contributed by atoms with Crippen LogP contribution in [0.25, 0.3) is 0 Å². The molecule has 4 rings (SSSR count). The number of amides is 2. The van der Waals surface area contributed by atoms with Crippen LogP contribution in [0.5, 0.6) is 0 Å². The molecule has 1 aromatic heterocycles. The Bertz CT molecular complexity index is 1060. The zero-order chi connectivity index (χ0) is 22.5. The highest BCUT2D eigenvalue weighted by atomic mass is 32.1. The number of carbonyl (C=O) groups is 2. The Morgan fingerprint density at radius 3 is 2.53 bits per heavy atom. The molecule has 1 atom stereocenters. The van der Waals surface area contributed by atoms with Crippen molar-refractivity contribution >= 4 is 28.8 Å². The van der Waals surface area contributed by atoms with Crippen molar-refractivity contribution in [1.29, 1.82) is 0 Å². The van der Waals surface area contributed by atoms with E-state index in [1.807, 2.05) is 73.8 Å². The molecule has 32 heavy (non-hydrogen) atoms. The number of benzene rings is 2. The van der Waals surface area contributed by atoms with Crippen LogP contribution in [0.15, 0.2) is 66.0 Å². The summed E-state index contributed by atoms with van der Waals surface area (Å²) in [5, 5.41) is 8.25. The highest BCUT2D eigenvalue weighted by Crippen LogP contribution is 2.30. The van der Waals surface area contributed by atoms with Crippen LogP contribution in [0.4, 0.5) is 5.69 Å². The maximum atomic E-state index is 13.1. The molecular formula is C26H29N3O2S. The number of anilines is 1. The van der Waals surface area contributed by atoms with Gasteiger partial charge in [-0.1, -0.05) is 42.5 Å². The third-order valence-corrected chi connectivity index (χ3v) is 6.55. The molecule has 0 spiro atoms. The first-order valence-electron chi connectivity index (χ1n) is 11.1. The quantitative estimate of drug-likeness (QED) is 0.559. The Kier molecular flexibility index (Phi) is 6.90. The lowest BCUT2D eigenvalue weighted by Gasteiger charge is -2.32. The predicted molar refractivity (Wildman–Crippen MR) is 130 cm³/mol.